The minimum atomic E-state index is -0.0206. The van der Waals surface area contributed by atoms with Crippen LogP contribution >= 0.6 is 0 Å². The molecule has 2 fully saturated rings. The molecular formula is C17H33N3O2. The lowest BCUT2D eigenvalue weighted by Crippen LogP contribution is -2.50. The van der Waals surface area contributed by atoms with Crippen molar-refractivity contribution in [2.75, 3.05) is 33.3 Å². The third-order valence-corrected chi connectivity index (χ3v) is 4.88. The van der Waals surface area contributed by atoms with Crippen molar-refractivity contribution in [3.63, 3.8) is 0 Å². The first-order valence-electron chi connectivity index (χ1n) is 8.71. The lowest BCUT2D eigenvalue weighted by Gasteiger charge is -2.40. The molecule has 2 saturated heterocycles. The smallest absolute Gasteiger partial charge is 0.315 e. The van der Waals surface area contributed by atoms with Crippen molar-refractivity contribution in [3.8, 4) is 0 Å². The van der Waals surface area contributed by atoms with E-state index in [2.05, 4.69) is 43.4 Å². The molecule has 128 valence electrons. The average molecular weight is 311 g/mol. The van der Waals surface area contributed by atoms with Gasteiger partial charge in [0.15, 0.2) is 0 Å². The standard InChI is InChI=1S/C17H33N3O2/c1-17(2,3)15-13(6-5-11-22-15)12-18-16(21)19-14-7-9-20(4)10-8-14/h13-15H,5-12H2,1-4H3,(H2,18,19,21)/t13-,15-/m0/s1. The van der Waals surface area contributed by atoms with E-state index < -0.39 is 0 Å². The number of nitrogens with zero attached hydrogens (tertiary/aromatic N) is 1. The summed E-state index contributed by atoms with van der Waals surface area (Å²) in [7, 11) is 2.13. The predicted octanol–water partition coefficient (Wildman–Crippen LogP) is 2.22. The van der Waals surface area contributed by atoms with E-state index in [0.717, 1.165) is 45.4 Å². The second-order valence-electron chi connectivity index (χ2n) is 7.99. The maximum atomic E-state index is 12.1. The van der Waals surface area contributed by atoms with Gasteiger partial charge in [-0.15, -0.1) is 0 Å². The molecule has 5 heteroatoms. The van der Waals surface area contributed by atoms with Gasteiger partial charge in [0.25, 0.3) is 0 Å². The normalized spacial score (nSPS) is 28.4. The lowest BCUT2D eigenvalue weighted by atomic mass is 9.78. The second kappa shape index (κ2) is 7.64. The number of likely N-dealkylation sites (tertiary alicyclic amines) is 1. The minimum absolute atomic E-state index is 0.0206. The Bertz CT molecular complexity index is 359. The quantitative estimate of drug-likeness (QED) is 0.840. The van der Waals surface area contributed by atoms with E-state index >= 15 is 0 Å². The van der Waals surface area contributed by atoms with Crippen molar-refractivity contribution >= 4 is 6.03 Å². The molecule has 0 aromatic rings. The molecule has 5 nitrogen and oxygen atoms in total. The zero-order valence-electron chi connectivity index (χ0n) is 14.7. The average Bonchev–Trinajstić information content (AvgIpc) is 2.47. The van der Waals surface area contributed by atoms with Crippen LogP contribution in [0.5, 0.6) is 0 Å². The molecule has 2 heterocycles. The first-order valence-corrected chi connectivity index (χ1v) is 8.71. The summed E-state index contributed by atoms with van der Waals surface area (Å²) in [6.07, 6.45) is 4.54. The highest BCUT2D eigenvalue weighted by atomic mass is 16.5. The molecule has 22 heavy (non-hydrogen) atoms. The summed E-state index contributed by atoms with van der Waals surface area (Å²) in [6, 6.07) is 0.296. The van der Waals surface area contributed by atoms with E-state index in [9.17, 15) is 4.79 Å². The van der Waals surface area contributed by atoms with Crippen molar-refractivity contribution in [2.24, 2.45) is 11.3 Å². The Kier molecular flexibility index (Phi) is 6.09. The van der Waals surface area contributed by atoms with Gasteiger partial charge in [-0.1, -0.05) is 20.8 Å². The summed E-state index contributed by atoms with van der Waals surface area (Å²) in [6.45, 7) is 10.3. The molecule has 2 aliphatic rings. The van der Waals surface area contributed by atoms with Crippen molar-refractivity contribution in [2.45, 2.75) is 58.6 Å². The van der Waals surface area contributed by atoms with E-state index in [1.54, 1.807) is 0 Å². The Balaban J connectivity index is 1.75. The Morgan fingerprint density at radius 2 is 1.91 bits per heavy atom. The maximum absolute atomic E-state index is 12.1. The van der Waals surface area contributed by atoms with Gasteiger partial charge in [0, 0.05) is 25.1 Å². The number of ether oxygens (including phenoxy) is 1. The van der Waals surface area contributed by atoms with Crippen LogP contribution < -0.4 is 10.6 Å². The van der Waals surface area contributed by atoms with Gasteiger partial charge in [-0.2, -0.15) is 0 Å². The van der Waals surface area contributed by atoms with Crippen LogP contribution in [0.4, 0.5) is 4.79 Å². The Hall–Kier alpha value is -0.810. The number of piperidine rings is 1. The Labute approximate surface area is 135 Å². The van der Waals surface area contributed by atoms with E-state index in [-0.39, 0.29) is 17.6 Å². The molecule has 0 saturated carbocycles. The van der Waals surface area contributed by atoms with Gasteiger partial charge in [0.05, 0.1) is 6.10 Å². The number of hydrogen-bond acceptors (Lipinski definition) is 3. The molecule has 2 atom stereocenters. The van der Waals surface area contributed by atoms with E-state index in [1.807, 2.05) is 0 Å². The summed E-state index contributed by atoms with van der Waals surface area (Å²) in [5, 5.41) is 6.18. The summed E-state index contributed by atoms with van der Waals surface area (Å²) in [4.78, 5) is 14.4. The first kappa shape index (κ1) is 17.5. The van der Waals surface area contributed by atoms with Gasteiger partial charge >= 0.3 is 6.03 Å². The summed E-state index contributed by atoms with van der Waals surface area (Å²) < 4.78 is 5.97. The van der Waals surface area contributed by atoms with Crippen LogP contribution in [0.15, 0.2) is 0 Å². The Morgan fingerprint density at radius 3 is 2.55 bits per heavy atom. The van der Waals surface area contributed by atoms with Gasteiger partial charge in [-0.05, 0) is 51.2 Å². The fraction of sp³-hybridized carbons (Fsp3) is 0.941. The number of amides is 2. The van der Waals surface area contributed by atoms with E-state index in [0.29, 0.717) is 18.5 Å². The first-order chi connectivity index (χ1) is 10.4. The molecule has 0 aromatic carbocycles. The number of nitrogens with one attached hydrogen (secondary N) is 2. The van der Waals surface area contributed by atoms with Crippen LogP contribution in [0.1, 0.15) is 46.5 Å². The zero-order chi connectivity index (χ0) is 16.2. The monoisotopic (exact) mass is 311 g/mol. The molecular weight excluding hydrogens is 278 g/mol. The van der Waals surface area contributed by atoms with Gasteiger partial charge in [-0.3, -0.25) is 0 Å². The topological polar surface area (TPSA) is 53.6 Å². The van der Waals surface area contributed by atoms with Gasteiger partial charge < -0.3 is 20.3 Å². The molecule has 2 aliphatic heterocycles. The largest absolute Gasteiger partial charge is 0.377 e. The fourth-order valence-corrected chi connectivity index (χ4v) is 3.62. The lowest BCUT2D eigenvalue weighted by molar-refractivity contribution is -0.0838. The molecule has 2 rings (SSSR count). The Morgan fingerprint density at radius 1 is 1.23 bits per heavy atom. The van der Waals surface area contributed by atoms with Crippen LogP contribution in [0.3, 0.4) is 0 Å². The van der Waals surface area contributed by atoms with Crippen molar-refractivity contribution in [3.05, 3.63) is 0 Å². The molecule has 2 amide bonds. The van der Waals surface area contributed by atoms with E-state index in [1.165, 1.54) is 0 Å². The fourth-order valence-electron chi connectivity index (χ4n) is 3.62. The molecule has 0 spiro atoms. The minimum Gasteiger partial charge on any atom is -0.377 e. The highest BCUT2D eigenvalue weighted by Crippen LogP contribution is 2.33. The van der Waals surface area contributed by atoms with Crippen LogP contribution in [-0.2, 0) is 4.74 Å². The molecule has 2 N–H and O–H groups in total. The van der Waals surface area contributed by atoms with Crippen LogP contribution in [0.25, 0.3) is 0 Å². The van der Waals surface area contributed by atoms with Crippen LogP contribution in [0, 0.1) is 11.3 Å². The predicted molar refractivity (Wildman–Crippen MR) is 89.0 cm³/mol. The molecule has 0 aromatic heterocycles. The SMILES string of the molecule is CN1CCC(NC(=O)NC[C@@H]2CCCO[C@@H]2C(C)(C)C)CC1. The summed E-state index contributed by atoms with van der Waals surface area (Å²) >= 11 is 0. The number of urea groups is 1. The summed E-state index contributed by atoms with van der Waals surface area (Å²) in [5.74, 6) is 0.414. The number of carbonyl (C=O) groups excluding carboxylic acids is 1. The maximum Gasteiger partial charge on any atom is 0.315 e. The third kappa shape index (κ3) is 5.13. The molecule has 0 unspecified atom stereocenters. The highest BCUT2D eigenvalue weighted by Gasteiger charge is 2.35. The number of hydrogen-bond donors (Lipinski definition) is 2. The van der Waals surface area contributed by atoms with Gasteiger partial charge in [-0.25, -0.2) is 4.79 Å². The highest BCUT2D eigenvalue weighted by molar-refractivity contribution is 5.74. The molecule has 0 bridgehead atoms. The van der Waals surface area contributed by atoms with Gasteiger partial charge in [0.1, 0.15) is 0 Å². The molecule has 0 aliphatic carbocycles. The molecule has 0 radical (unpaired) electrons. The van der Waals surface area contributed by atoms with Crippen molar-refractivity contribution < 1.29 is 9.53 Å². The second-order valence-corrected chi connectivity index (χ2v) is 7.99. The van der Waals surface area contributed by atoms with E-state index in [4.69, 9.17) is 4.74 Å². The summed E-state index contributed by atoms with van der Waals surface area (Å²) in [5.41, 5.74) is 0.122. The van der Waals surface area contributed by atoms with Gasteiger partial charge in [0.2, 0.25) is 0 Å². The third-order valence-electron chi connectivity index (χ3n) is 4.88. The van der Waals surface area contributed by atoms with Crippen LogP contribution in [-0.4, -0.2) is 56.4 Å². The number of rotatable bonds is 3. The van der Waals surface area contributed by atoms with Crippen molar-refractivity contribution in [1.82, 2.24) is 15.5 Å². The van der Waals surface area contributed by atoms with Crippen molar-refractivity contribution in [1.29, 1.82) is 0 Å². The number of carbonyl (C=O) groups is 1. The zero-order valence-corrected chi connectivity index (χ0v) is 14.7. The van der Waals surface area contributed by atoms with Crippen LogP contribution in [0.2, 0.25) is 0 Å².